The molecule has 0 spiro atoms. The first-order valence-electron chi connectivity index (χ1n) is 4.97. The van der Waals surface area contributed by atoms with Crippen LogP contribution in [-0.4, -0.2) is 23.8 Å². The third kappa shape index (κ3) is 1.26. The number of guanidine groups is 1. The van der Waals surface area contributed by atoms with Gasteiger partial charge < -0.3 is 0 Å². The second kappa shape index (κ2) is 2.59. The summed E-state index contributed by atoms with van der Waals surface area (Å²) in [5.74, 6) is -0.983. The molecule has 5 heteroatoms. The van der Waals surface area contributed by atoms with Crippen molar-refractivity contribution in [3.05, 3.63) is 0 Å². The Kier molecular flexibility index (Phi) is 1.75. The van der Waals surface area contributed by atoms with Crippen LogP contribution in [0.2, 0.25) is 0 Å². The van der Waals surface area contributed by atoms with Crippen molar-refractivity contribution in [3.63, 3.8) is 0 Å². The zero-order valence-corrected chi connectivity index (χ0v) is 9.34. The minimum atomic E-state index is -0.634. The van der Waals surface area contributed by atoms with Gasteiger partial charge in [0.2, 0.25) is 5.96 Å². The molecule has 5 nitrogen and oxygen atoms in total. The van der Waals surface area contributed by atoms with E-state index in [-0.39, 0.29) is 22.8 Å². The second-order valence-electron chi connectivity index (χ2n) is 5.23. The number of aliphatic imine (C=N–C) groups is 1. The molecule has 0 bridgehead atoms. The lowest BCUT2D eigenvalue weighted by atomic mass is 10.0. The Morgan fingerprint density at radius 3 is 1.73 bits per heavy atom. The van der Waals surface area contributed by atoms with Crippen LogP contribution in [0.15, 0.2) is 4.99 Å². The zero-order valence-electron chi connectivity index (χ0n) is 9.34. The zero-order chi connectivity index (χ0) is 11.4. The van der Waals surface area contributed by atoms with Gasteiger partial charge in [0.15, 0.2) is 0 Å². The fourth-order valence-corrected chi connectivity index (χ4v) is 2.04. The van der Waals surface area contributed by atoms with Crippen LogP contribution in [0.1, 0.15) is 27.7 Å². The average molecular weight is 209 g/mol. The van der Waals surface area contributed by atoms with E-state index in [0.717, 1.165) is 0 Å². The lowest BCUT2D eigenvalue weighted by molar-refractivity contribution is -0.135. The van der Waals surface area contributed by atoms with Crippen molar-refractivity contribution < 1.29 is 9.59 Å². The van der Waals surface area contributed by atoms with Crippen molar-refractivity contribution in [2.75, 3.05) is 0 Å². The number of carbonyl (C=O) groups is 2. The molecule has 0 aromatic carbocycles. The van der Waals surface area contributed by atoms with Crippen LogP contribution in [0.25, 0.3) is 0 Å². The maximum atomic E-state index is 10.9. The van der Waals surface area contributed by atoms with E-state index in [0.29, 0.717) is 0 Å². The Balaban J connectivity index is 2.15. The summed E-state index contributed by atoms with van der Waals surface area (Å²) in [6.07, 6.45) is 0. The minimum Gasteiger partial charge on any atom is -0.288 e. The van der Waals surface area contributed by atoms with Gasteiger partial charge in [-0.2, -0.15) is 0 Å². The number of hydrogen-bond acceptors (Lipinski definition) is 3. The van der Waals surface area contributed by atoms with Gasteiger partial charge in [-0.1, -0.05) is 27.7 Å². The van der Waals surface area contributed by atoms with Crippen LogP contribution in [0.3, 0.4) is 0 Å². The Hall–Kier alpha value is -1.39. The van der Waals surface area contributed by atoms with Gasteiger partial charge in [0.1, 0.15) is 0 Å². The first-order valence-corrected chi connectivity index (χ1v) is 4.97. The first kappa shape index (κ1) is 10.1. The highest BCUT2D eigenvalue weighted by molar-refractivity contribution is 6.45. The number of nitrogens with zero attached hydrogens (tertiary/aromatic N) is 1. The predicted octanol–water partition coefficient (Wildman–Crippen LogP) is 0.0230. The summed E-state index contributed by atoms with van der Waals surface area (Å²) >= 11 is 0. The van der Waals surface area contributed by atoms with Gasteiger partial charge >= 0.3 is 11.8 Å². The van der Waals surface area contributed by atoms with Crippen LogP contribution in [0, 0.1) is 10.8 Å². The highest BCUT2D eigenvalue weighted by atomic mass is 16.2. The Labute approximate surface area is 88.3 Å². The average Bonchev–Trinajstić information content (AvgIpc) is 2.43. The van der Waals surface area contributed by atoms with Crippen molar-refractivity contribution in [1.29, 1.82) is 0 Å². The maximum absolute atomic E-state index is 10.9. The molecular formula is C10H15N3O2. The molecule has 1 aliphatic carbocycles. The lowest BCUT2D eigenvalue weighted by Crippen LogP contribution is -2.26. The van der Waals surface area contributed by atoms with E-state index in [9.17, 15) is 9.59 Å². The van der Waals surface area contributed by atoms with Gasteiger partial charge in [0, 0.05) is 0 Å². The number of amides is 2. The molecule has 0 aromatic heterocycles. The highest BCUT2D eigenvalue weighted by Gasteiger charge is 2.65. The molecule has 1 saturated carbocycles. The van der Waals surface area contributed by atoms with Crippen molar-refractivity contribution in [2.45, 2.75) is 33.7 Å². The Morgan fingerprint density at radius 1 is 1.00 bits per heavy atom. The number of nitrogens with one attached hydrogen (secondary N) is 2. The largest absolute Gasteiger partial charge is 0.316 e. The third-order valence-electron chi connectivity index (χ3n) is 3.87. The van der Waals surface area contributed by atoms with E-state index in [1.54, 1.807) is 0 Å². The summed E-state index contributed by atoms with van der Waals surface area (Å²) in [7, 11) is 0. The van der Waals surface area contributed by atoms with E-state index in [2.05, 4.69) is 43.3 Å². The monoisotopic (exact) mass is 209 g/mol. The fourth-order valence-electron chi connectivity index (χ4n) is 2.04. The third-order valence-corrected chi connectivity index (χ3v) is 3.87. The molecule has 15 heavy (non-hydrogen) atoms. The smallest absolute Gasteiger partial charge is 0.288 e. The van der Waals surface area contributed by atoms with Crippen LogP contribution >= 0.6 is 0 Å². The summed E-state index contributed by atoms with van der Waals surface area (Å²) in [6, 6.07) is 0.138. The molecule has 1 heterocycles. The fraction of sp³-hybridized carbons (Fsp3) is 0.700. The van der Waals surface area contributed by atoms with Gasteiger partial charge in [-0.05, 0) is 10.8 Å². The minimum absolute atomic E-state index is 0.109. The molecular weight excluding hydrogens is 194 g/mol. The Bertz CT molecular complexity index is 350. The van der Waals surface area contributed by atoms with E-state index >= 15 is 0 Å². The molecule has 1 saturated heterocycles. The maximum Gasteiger partial charge on any atom is 0.316 e. The molecule has 2 amide bonds. The number of carbonyl (C=O) groups excluding carboxylic acids is 2. The molecule has 82 valence electrons. The van der Waals surface area contributed by atoms with E-state index < -0.39 is 11.8 Å². The van der Waals surface area contributed by atoms with Crippen LogP contribution in [-0.2, 0) is 9.59 Å². The molecule has 0 radical (unpaired) electrons. The van der Waals surface area contributed by atoms with Gasteiger partial charge in [-0.3, -0.25) is 20.2 Å². The highest BCUT2D eigenvalue weighted by Crippen LogP contribution is 2.64. The van der Waals surface area contributed by atoms with Crippen LogP contribution in [0.5, 0.6) is 0 Å². The van der Waals surface area contributed by atoms with Crippen LogP contribution in [0.4, 0.5) is 0 Å². The van der Waals surface area contributed by atoms with E-state index in [1.165, 1.54) is 0 Å². The molecule has 2 N–H and O–H groups in total. The Morgan fingerprint density at radius 2 is 1.40 bits per heavy atom. The molecule has 1 aliphatic heterocycles. The van der Waals surface area contributed by atoms with Crippen molar-refractivity contribution in [3.8, 4) is 0 Å². The predicted molar refractivity (Wildman–Crippen MR) is 55.1 cm³/mol. The van der Waals surface area contributed by atoms with Gasteiger partial charge in [-0.25, -0.2) is 4.99 Å². The summed E-state index contributed by atoms with van der Waals surface area (Å²) in [6.45, 7) is 8.50. The SMILES string of the molecule is CC1(C)C(N=C2NC(=O)C(=O)N2)C1(C)C. The van der Waals surface area contributed by atoms with Crippen molar-refractivity contribution >= 4 is 17.8 Å². The van der Waals surface area contributed by atoms with Gasteiger partial charge in [0.25, 0.3) is 0 Å². The van der Waals surface area contributed by atoms with Gasteiger partial charge in [0.05, 0.1) is 6.04 Å². The topological polar surface area (TPSA) is 70.6 Å². The van der Waals surface area contributed by atoms with E-state index in [4.69, 9.17) is 0 Å². The summed E-state index contributed by atoms with van der Waals surface area (Å²) in [5, 5.41) is 4.80. The molecule has 2 rings (SSSR count). The molecule has 0 unspecified atom stereocenters. The quantitative estimate of drug-likeness (QED) is 0.598. The summed E-state index contributed by atoms with van der Waals surface area (Å²) in [4.78, 5) is 26.2. The lowest BCUT2D eigenvalue weighted by Gasteiger charge is -2.02. The second-order valence-corrected chi connectivity index (χ2v) is 5.23. The molecule has 2 fully saturated rings. The van der Waals surface area contributed by atoms with E-state index in [1.807, 2.05) is 0 Å². The van der Waals surface area contributed by atoms with Crippen LogP contribution < -0.4 is 10.6 Å². The summed E-state index contributed by atoms with van der Waals surface area (Å²) in [5.41, 5.74) is 0.218. The van der Waals surface area contributed by atoms with Crippen molar-refractivity contribution in [1.82, 2.24) is 10.6 Å². The first-order chi connectivity index (χ1) is 6.76. The molecule has 2 aliphatic rings. The number of rotatable bonds is 1. The van der Waals surface area contributed by atoms with Crippen molar-refractivity contribution in [2.24, 2.45) is 15.8 Å². The normalized spacial score (nSPS) is 27.3. The molecule has 0 aromatic rings. The standard InChI is InChI=1S/C10H15N3O2/c1-9(2)7(10(9,3)4)13-8-11-5(14)6(15)12-8/h7H,1-4H3,(H2,11,12,13,14,15). The number of hydrogen-bond donors (Lipinski definition) is 2. The van der Waals surface area contributed by atoms with Gasteiger partial charge in [-0.15, -0.1) is 0 Å². The summed E-state index contributed by atoms with van der Waals surface area (Å²) < 4.78 is 0. The molecule has 0 atom stereocenters.